The summed E-state index contributed by atoms with van der Waals surface area (Å²) in [7, 11) is 0. The SMILES string of the molecule is NCC1CCCC1C(=O)N(Cc1ccccc1)Cc1ccccc1. The fourth-order valence-corrected chi connectivity index (χ4v) is 3.70. The Hall–Kier alpha value is -2.13. The lowest BCUT2D eigenvalue weighted by molar-refractivity contribution is -0.138. The van der Waals surface area contributed by atoms with Crippen LogP contribution in [0.4, 0.5) is 0 Å². The van der Waals surface area contributed by atoms with Crippen LogP contribution in [0.1, 0.15) is 30.4 Å². The second-order valence-corrected chi connectivity index (χ2v) is 6.70. The van der Waals surface area contributed by atoms with Gasteiger partial charge in [-0.05, 0) is 36.4 Å². The van der Waals surface area contributed by atoms with Crippen molar-refractivity contribution in [1.82, 2.24) is 4.90 Å². The zero-order valence-corrected chi connectivity index (χ0v) is 14.1. The summed E-state index contributed by atoms with van der Waals surface area (Å²) in [5.74, 6) is 0.685. The average Bonchev–Trinajstić information content (AvgIpc) is 3.11. The zero-order valence-electron chi connectivity index (χ0n) is 14.1. The van der Waals surface area contributed by atoms with E-state index in [2.05, 4.69) is 24.3 Å². The number of rotatable bonds is 6. The van der Waals surface area contributed by atoms with Crippen LogP contribution in [0.3, 0.4) is 0 Å². The molecule has 3 rings (SSSR count). The van der Waals surface area contributed by atoms with Gasteiger partial charge in [0.2, 0.25) is 5.91 Å². The van der Waals surface area contributed by atoms with E-state index in [1.54, 1.807) is 0 Å². The quantitative estimate of drug-likeness (QED) is 0.883. The van der Waals surface area contributed by atoms with E-state index >= 15 is 0 Å². The number of amides is 1. The minimum atomic E-state index is 0.0856. The molecule has 1 saturated carbocycles. The summed E-state index contributed by atoms with van der Waals surface area (Å²) in [5, 5.41) is 0. The summed E-state index contributed by atoms with van der Waals surface area (Å²) in [6.45, 7) is 1.92. The number of hydrogen-bond donors (Lipinski definition) is 1. The van der Waals surface area contributed by atoms with Crippen molar-refractivity contribution in [3.8, 4) is 0 Å². The minimum absolute atomic E-state index is 0.0856. The van der Waals surface area contributed by atoms with E-state index in [9.17, 15) is 4.79 Å². The molecule has 0 saturated heterocycles. The van der Waals surface area contributed by atoms with Gasteiger partial charge in [-0.3, -0.25) is 4.79 Å². The van der Waals surface area contributed by atoms with Crippen LogP contribution >= 0.6 is 0 Å². The molecule has 1 aliphatic carbocycles. The topological polar surface area (TPSA) is 46.3 Å². The Morgan fingerprint density at radius 3 is 1.96 bits per heavy atom. The molecule has 2 unspecified atom stereocenters. The van der Waals surface area contributed by atoms with Gasteiger partial charge in [0.1, 0.15) is 0 Å². The van der Waals surface area contributed by atoms with Gasteiger partial charge in [0.25, 0.3) is 0 Å². The monoisotopic (exact) mass is 322 g/mol. The molecule has 1 amide bonds. The number of nitrogens with zero attached hydrogens (tertiary/aromatic N) is 1. The van der Waals surface area contributed by atoms with Gasteiger partial charge >= 0.3 is 0 Å². The van der Waals surface area contributed by atoms with Crippen molar-refractivity contribution in [1.29, 1.82) is 0 Å². The molecule has 3 nitrogen and oxygen atoms in total. The molecule has 0 aromatic heterocycles. The number of benzene rings is 2. The van der Waals surface area contributed by atoms with Crippen LogP contribution in [0.25, 0.3) is 0 Å². The van der Waals surface area contributed by atoms with E-state index in [4.69, 9.17) is 5.73 Å². The van der Waals surface area contributed by atoms with Gasteiger partial charge in [0, 0.05) is 19.0 Å². The fourth-order valence-electron chi connectivity index (χ4n) is 3.70. The third-order valence-corrected chi connectivity index (χ3v) is 5.02. The van der Waals surface area contributed by atoms with Crippen molar-refractivity contribution < 1.29 is 4.79 Å². The molecule has 2 atom stereocenters. The predicted molar refractivity (Wildman–Crippen MR) is 97.0 cm³/mol. The fraction of sp³-hybridized carbons (Fsp3) is 0.381. The lowest BCUT2D eigenvalue weighted by Gasteiger charge is -2.28. The van der Waals surface area contributed by atoms with Crippen molar-refractivity contribution >= 4 is 5.91 Å². The molecule has 0 radical (unpaired) electrons. The number of carbonyl (C=O) groups is 1. The van der Waals surface area contributed by atoms with Crippen molar-refractivity contribution in [2.45, 2.75) is 32.4 Å². The Kier molecular flexibility index (Phi) is 5.65. The number of hydrogen-bond acceptors (Lipinski definition) is 2. The molecule has 3 heteroatoms. The van der Waals surface area contributed by atoms with E-state index in [0.717, 1.165) is 19.3 Å². The maximum Gasteiger partial charge on any atom is 0.226 e. The molecule has 1 aliphatic rings. The Balaban J connectivity index is 1.79. The first-order valence-electron chi connectivity index (χ1n) is 8.84. The second kappa shape index (κ2) is 8.11. The first kappa shape index (κ1) is 16.7. The van der Waals surface area contributed by atoms with Gasteiger partial charge in [-0.1, -0.05) is 67.1 Å². The summed E-state index contributed by atoms with van der Waals surface area (Å²) >= 11 is 0. The van der Waals surface area contributed by atoms with Gasteiger partial charge in [-0.15, -0.1) is 0 Å². The summed E-state index contributed by atoms with van der Waals surface area (Å²) < 4.78 is 0. The van der Waals surface area contributed by atoms with Crippen molar-refractivity contribution in [2.75, 3.05) is 6.54 Å². The number of nitrogens with two attached hydrogens (primary N) is 1. The zero-order chi connectivity index (χ0) is 16.8. The largest absolute Gasteiger partial charge is 0.334 e. The first-order valence-corrected chi connectivity index (χ1v) is 8.84. The lowest BCUT2D eigenvalue weighted by Crippen LogP contribution is -2.38. The first-order chi connectivity index (χ1) is 11.8. The Morgan fingerprint density at radius 2 is 1.46 bits per heavy atom. The molecule has 2 aromatic carbocycles. The molecule has 126 valence electrons. The van der Waals surface area contributed by atoms with Gasteiger partial charge in [-0.25, -0.2) is 0 Å². The van der Waals surface area contributed by atoms with E-state index in [-0.39, 0.29) is 11.8 Å². The maximum atomic E-state index is 13.2. The molecule has 1 fully saturated rings. The van der Waals surface area contributed by atoms with Crippen molar-refractivity contribution in [3.63, 3.8) is 0 Å². The molecular formula is C21H26N2O. The number of carbonyl (C=O) groups excluding carboxylic acids is 1. The Bertz CT molecular complexity index is 600. The van der Waals surface area contributed by atoms with Crippen molar-refractivity contribution in [2.24, 2.45) is 17.6 Å². The van der Waals surface area contributed by atoms with Crippen molar-refractivity contribution in [3.05, 3.63) is 71.8 Å². The van der Waals surface area contributed by atoms with E-state index < -0.39 is 0 Å². The van der Waals surface area contributed by atoms with Gasteiger partial charge < -0.3 is 10.6 Å². The van der Waals surface area contributed by atoms with Crippen LogP contribution in [0.15, 0.2) is 60.7 Å². The Morgan fingerprint density at radius 1 is 0.917 bits per heavy atom. The van der Waals surface area contributed by atoms with Crippen LogP contribution < -0.4 is 5.73 Å². The van der Waals surface area contributed by atoms with Crippen LogP contribution in [-0.2, 0) is 17.9 Å². The summed E-state index contributed by atoms with van der Waals surface area (Å²) in [4.78, 5) is 15.2. The second-order valence-electron chi connectivity index (χ2n) is 6.70. The molecule has 0 bridgehead atoms. The summed E-state index contributed by atoms with van der Waals surface area (Å²) in [6.07, 6.45) is 3.17. The standard InChI is InChI=1S/C21H26N2O/c22-14-19-12-7-13-20(19)21(24)23(15-17-8-3-1-4-9-17)16-18-10-5-2-6-11-18/h1-6,8-11,19-20H,7,12-16,22H2. The molecule has 0 aliphatic heterocycles. The molecule has 0 spiro atoms. The highest BCUT2D eigenvalue weighted by Gasteiger charge is 2.34. The highest BCUT2D eigenvalue weighted by molar-refractivity contribution is 5.79. The van der Waals surface area contributed by atoms with Crippen LogP contribution in [-0.4, -0.2) is 17.4 Å². The smallest absolute Gasteiger partial charge is 0.226 e. The predicted octanol–water partition coefficient (Wildman–Crippen LogP) is 3.59. The van der Waals surface area contributed by atoms with Gasteiger partial charge in [0.05, 0.1) is 0 Å². The highest BCUT2D eigenvalue weighted by atomic mass is 16.2. The van der Waals surface area contributed by atoms with Crippen LogP contribution in [0.2, 0.25) is 0 Å². The molecule has 0 heterocycles. The van der Waals surface area contributed by atoms with E-state index in [0.29, 0.717) is 25.6 Å². The minimum Gasteiger partial charge on any atom is -0.334 e. The molecular weight excluding hydrogens is 296 g/mol. The summed E-state index contributed by atoms with van der Waals surface area (Å²) in [5.41, 5.74) is 8.24. The average molecular weight is 322 g/mol. The van der Waals surface area contributed by atoms with Crippen LogP contribution in [0, 0.1) is 11.8 Å². The normalized spacial score (nSPS) is 20.0. The highest BCUT2D eigenvalue weighted by Crippen LogP contribution is 2.33. The van der Waals surface area contributed by atoms with E-state index in [1.807, 2.05) is 41.3 Å². The van der Waals surface area contributed by atoms with Gasteiger partial charge in [0.15, 0.2) is 0 Å². The van der Waals surface area contributed by atoms with Gasteiger partial charge in [-0.2, -0.15) is 0 Å². The Labute approximate surface area is 144 Å². The lowest BCUT2D eigenvalue weighted by atomic mass is 9.94. The van der Waals surface area contributed by atoms with E-state index in [1.165, 1.54) is 11.1 Å². The van der Waals surface area contributed by atoms with Crippen LogP contribution in [0.5, 0.6) is 0 Å². The molecule has 2 N–H and O–H groups in total. The maximum absolute atomic E-state index is 13.2. The summed E-state index contributed by atoms with van der Waals surface area (Å²) in [6, 6.07) is 20.5. The third-order valence-electron chi connectivity index (χ3n) is 5.02. The molecule has 24 heavy (non-hydrogen) atoms. The third kappa shape index (κ3) is 4.04. The molecule has 2 aromatic rings.